The van der Waals surface area contributed by atoms with Crippen LogP contribution in [0.4, 0.5) is 0 Å². The van der Waals surface area contributed by atoms with Crippen molar-refractivity contribution in [3.8, 4) is 0 Å². The maximum atomic E-state index is 7.57. The third kappa shape index (κ3) is 6.09. The van der Waals surface area contributed by atoms with Gasteiger partial charge in [-0.25, -0.2) is 0 Å². The van der Waals surface area contributed by atoms with Gasteiger partial charge in [-0.1, -0.05) is 39.0 Å². The van der Waals surface area contributed by atoms with Crippen LogP contribution in [0.15, 0.2) is 0 Å². The van der Waals surface area contributed by atoms with Crippen LogP contribution in [0, 0.1) is 5.92 Å². The second-order valence-electron chi connectivity index (χ2n) is 3.06. The summed E-state index contributed by atoms with van der Waals surface area (Å²) < 4.78 is 0. The largest absolute Gasteiger partial charge is 0.397 e. The molecule has 0 unspecified atom stereocenters. The number of rotatable bonds is 0. The van der Waals surface area contributed by atoms with Gasteiger partial charge in [0.1, 0.15) is 0 Å². The molecule has 0 saturated heterocycles. The molecular weight excluding hydrogens is 124 g/mol. The minimum atomic E-state index is 0.250. The molecular formula is C9H20O. The minimum absolute atomic E-state index is 0.250. The van der Waals surface area contributed by atoms with E-state index in [9.17, 15) is 0 Å². The number of hydrogen-bond acceptors (Lipinski definition) is 1. The van der Waals surface area contributed by atoms with Gasteiger partial charge in [0.25, 0.3) is 0 Å². The molecule has 1 aliphatic rings. The van der Waals surface area contributed by atoms with Crippen LogP contribution in [-0.2, 0) is 0 Å². The van der Waals surface area contributed by atoms with Crippen LogP contribution in [0.5, 0.6) is 0 Å². The summed E-state index contributed by atoms with van der Waals surface area (Å²) >= 11 is 0. The standard InChI is InChI=1S/C7H14.C2H6O/c1-7-5-3-2-4-6-7;1-2-3/h7H,2-6H2,1H3;3H,2H2,1H3. The number of hydrogen-bond donors (Lipinski definition) is 1. The number of aliphatic hydroxyl groups is 1. The average Bonchev–Trinajstić information content (AvgIpc) is 1.91. The van der Waals surface area contributed by atoms with Gasteiger partial charge < -0.3 is 5.11 Å². The van der Waals surface area contributed by atoms with Crippen molar-refractivity contribution in [2.45, 2.75) is 46.0 Å². The molecule has 1 rings (SSSR count). The van der Waals surface area contributed by atoms with Gasteiger partial charge in [-0.15, -0.1) is 0 Å². The summed E-state index contributed by atoms with van der Waals surface area (Å²) in [6, 6.07) is 0. The quantitative estimate of drug-likeness (QED) is 0.554. The smallest absolute Gasteiger partial charge is 0.0402 e. The van der Waals surface area contributed by atoms with Gasteiger partial charge in [-0.05, 0) is 12.8 Å². The zero-order valence-corrected chi connectivity index (χ0v) is 7.27. The number of aliphatic hydroxyl groups excluding tert-OH is 1. The topological polar surface area (TPSA) is 20.2 Å². The Morgan fingerprint density at radius 1 is 1.20 bits per heavy atom. The van der Waals surface area contributed by atoms with Crippen molar-refractivity contribution in [3.05, 3.63) is 0 Å². The fraction of sp³-hybridized carbons (Fsp3) is 1.00. The van der Waals surface area contributed by atoms with Gasteiger partial charge in [-0.2, -0.15) is 0 Å². The molecule has 0 aliphatic heterocycles. The van der Waals surface area contributed by atoms with Crippen LogP contribution in [0.2, 0.25) is 0 Å². The summed E-state index contributed by atoms with van der Waals surface area (Å²) in [5.74, 6) is 1.04. The SMILES string of the molecule is CC1CCCCC1.CCO. The molecule has 1 aliphatic carbocycles. The lowest BCUT2D eigenvalue weighted by molar-refractivity contribution is 0.318. The van der Waals surface area contributed by atoms with E-state index in [4.69, 9.17) is 5.11 Å². The van der Waals surface area contributed by atoms with E-state index < -0.39 is 0 Å². The Kier molecular flexibility index (Phi) is 7.04. The molecule has 0 aromatic rings. The van der Waals surface area contributed by atoms with Gasteiger partial charge in [0.05, 0.1) is 0 Å². The summed E-state index contributed by atoms with van der Waals surface area (Å²) in [5.41, 5.74) is 0. The molecule has 1 saturated carbocycles. The summed E-state index contributed by atoms with van der Waals surface area (Å²) in [6.45, 7) is 4.29. The predicted octanol–water partition coefficient (Wildman–Crippen LogP) is 2.59. The lowest BCUT2D eigenvalue weighted by Crippen LogP contribution is -1.99. The molecule has 0 heterocycles. The minimum Gasteiger partial charge on any atom is -0.397 e. The fourth-order valence-electron chi connectivity index (χ4n) is 1.31. The molecule has 0 aromatic carbocycles. The first-order valence-electron chi connectivity index (χ1n) is 4.42. The highest BCUT2D eigenvalue weighted by atomic mass is 16.2. The van der Waals surface area contributed by atoms with Gasteiger partial charge in [0.15, 0.2) is 0 Å². The lowest BCUT2D eigenvalue weighted by atomic mass is 9.91. The Morgan fingerprint density at radius 3 is 1.80 bits per heavy atom. The molecule has 0 amide bonds. The van der Waals surface area contributed by atoms with Crippen molar-refractivity contribution < 1.29 is 5.11 Å². The summed E-state index contributed by atoms with van der Waals surface area (Å²) in [5, 5.41) is 7.57. The van der Waals surface area contributed by atoms with Gasteiger partial charge >= 0.3 is 0 Å². The molecule has 1 fully saturated rings. The highest BCUT2D eigenvalue weighted by Crippen LogP contribution is 2.21. The first kappa shape index (κ1) is 9.96. The Bertz CT molecular complexity index is 55.7. The molecule has 1 nitrogen and oxygen atoms in total. The molecule has 1 heteroatoms. The van der Waals surface area contributed by atoms with E-state index in [0.717, 1.165) is 5.92 Å². The Morgan fingerprint density at radius 2 is 1.60 bits per heavy atom. The van der Waals surface area contributed by atoms with Gasteiger partial charge in [0, 0.05) is 6.61 Å². The Hall–Kier alpha value is -0.0400. The van der Waals surface area contributed by atoms with Crippen molar-refractivity contribution in [1.29, 1.82) is 0 Å². The summed E-state index contributed by atoms with van der Waals surface area (Å²) in [4.78, 5) is 0. The molecule has 62 valence electrons. The van der Waals surface area contributed by atoms with Crippen molar-refractivity contribution >= 4 is 0 Å². The molecule has 0 spiro atoms. The fourth-order valence-corrected chi connectivity index (χ4v) is 1.31. The Labute approximate surface area is 64.5 Å². The van der Waals surface area contributed by atoms with Crippen LogP contribution in [0.25, 0.3) is 0 Å². The first-order valence-corrected chi connectivity index (χ1v) is 4.42. The molecule has 0 aromatic heterocycles. The van der Waals surface area contributed by atoms with Crippen molar-refractivity contribution in [3.63, 3.8) is 0 Å². The third-order valence-electron chi connectivity index (χ3n) is 1.89. The average molecular weight is 144 g/mol. The lowest BCUT2D eigenvalue weighted by Gasteiger charge is -2.15. The van der Waals surface area contributed by atoms with E-state index in [1.165, 1.54) is 32.1 Å². The zero-order chi connectivity index (χ0) is 7.82. The van der Waals surface area contributed by atoms with Crippen LogP contribution < -0.4 is 0 Å². The van der Waals surface area contributed by atoms with Gasteiger partial charge in [-0.3, -0.25) is 0 Å². The summed E-state index contributed by atoms with van der Waals surface area (Å²) in [7, 11) is 0. The van der Waals surface area contributed by atoms with Crippen molar-refractivity contribution in [1.82, 2.24) is 0 Å². The highest BCUT2D eigenvalue weighted by molar-refractivity contribution is 4.59. The maximum absolute atomic E-state index is 7.57. The molecule has 0 atom stereocenters. The van der Waals surface area contributed by atoms with E-state index >= 15 is 0 Å². The molecule has 0 bridgehead atoms. The van der Waals surface area contributed by atoms with E-state index in [0.29, 0.717) is 0 Å². The van der Waals surface area contributed by atoms with Crippen LogP contribution in [-0.4, -0.2) is 11.7 Å². The van der Waals surface area contributed by atoms with Gasteiger partial charge in [0.2, 0.25) is 0 Å². The summed E-state index contributed by atoms with van der Waals surface area (Å²) in [6.07, 6.45) is 7.44. The van der Waals surface area contributed by atoms with Crippen molar-refractivity contribution in [2.24, 2.45) is 5.92 Å². The highest BCUT2D eigenvalue weighted by Gasteiger charge is 2.05. The van der Waals surface area contributed by atoms with Crippen molar-refractivity contribution in [2.75, 3.05) is 6.61 Å². The molecule has 0 radical (unpaired) electrons. The molecule has 1 N–H and O–H groups in total. The van der Waals surface area contributed by atoms with E-state index in [-0.39, 0.29) is 6.61 Å². The Balaban J connectivity index is 0.000000236. The zero-order valence-electron chi connectivity index (χ0n) is 7.27. The second-order valence-corrected chi connectivity index (χ2v) is 3.06. The van der Waals surface area contributed by atoms with Crippen LogP contribution in [0.3, 0.4) is 0 Å². The first-order chi connectivity index (χ1) is 4.81. The van der Waals surface area contributed by atoms with Crippen LogP contribution in [0.1, 0.15) is 46.0 Å². The second kappa shape index (κ2) is 7.07. The van der Waals surface area contributed by atoms with E-state index in [1.807, 2.05) is 0 Å². The van der Waals surface area contributed by atoms with E-state index in [1.54, 1.807) is 6.92 Å². The van der Waals surface area contributed by atoms with E-state index in [2.05, 4.69) is 6.92 Å². The third-order valence-corrected chi connectivity index (χ3v) is 1.89. The predicted molar refractivity (Wildman–Crippen MR) is 45.0 cm³/mol. The molecule has 10 heavy (non-hydrogen) atoms. The van der Waals surface area contributed by atoms with Crippen LogP contribution >= 0.6 is 0 Å². The maximum Gasteiger partial charge on any atom is 0.0402 e. The normalized spacial score (nSPS) is 19.5. The monoisotopic (exact) mass is 144 g/mol.